The Morgan fingerprint density at radius 1 is 0.595 bits per heavy atom. The van der Waals surface area contributed by atoms with Crippen LogP contribution in [0.1, 0.15) is 22.3 Å². The lowest BCUT2D eigenvalue weighted by Gasteiger charge is -2.32. The van der Waals surface area contributed by atoms with Gasteiger partial charge in [0.2, 0.25) is 0 Å². The maximum Gasteiger partial charge on any atom is 0.176 e. The molecule has 4 heteroatoms. The molecule has 0 saturated carbocycles. The largest absolute Gasteiger partial charge is 0.192 e. The predicted octanol–water partition coefficient (Wildman–Crippen LogP) is 8.29. The van der Waals surface area contributed by atoms with Crippen molar-refractivity contribution in [3.8, 4) is 12.1 Å². The number of nitriles is 2. The molecule has 0 aromatic heterocycles. The molecule has 0 heterocycles. The van der Waals surface area contributed by atoms with Crippen molar-refractivity contribution in [2.24, 2.45) is 0 Å². The zero-order chi connectivity index (χ0) is 25.7. The Morgan fingerprint density at radius 3 is 1.78 bits per heavy atom. The van der Waals surface area contributed by atoms with E-state index < -0.39 is 0 Å². The third-order valence-corrected chi connectivity index (χ3v) is 6.55. The number of rotatable bonds is 6. The van der Waals surface area contributed by atoms with Gasteiger partial charge < -0.3 is 0 Å². The van der Waals surface area contributed by atoms with Gasteiger partial charge in [-0.05, 0) is 29.3 Å². The van der Waals surface area contributed by atoms with E-state index in [4.69, 9.17) is 4.84 Å². The Balaban J connectivity index is 1.53. The molecule has 0 fully saturated rings. The number of fused-ring (bicyclic) bond motifs is 1. The predicted molar refractivity (Wildman–Crippen MR) is 150 cm³/mol. The summed E-state index contributed by atoms with van der Waals surface area (Å²) in [6.45, 7) is 0. The monoisotopic (exact) mass is 478 g/mol. The molecule has 4 nitrogen and oxygen atoms in total. The fraction of sp³-hybridized carbons (Fsp3) is 0.0303. The summed E-state index contributed by atoms with van der Waals surface area (Å²) in [6.07, 6.45) is 3.94. The molecule has 5 aromatic rings. The van der Waals surface area contributed by atoms with E-state index in [1.807, 2.05) is 84.9 Å². The zero-order valence-corrected chi connectivity index (χ0v) is 20.4. The van der Waals surface area contributed by atoms with Crippen molar-refractivity contribution < 1.29 is 4.84 Å². The number of quaternary nitrogens is 1. The quantitative estimate of drug-likeness (QED) is 0.140. The lowest BCUT2D eigenvalue weighted by atomic mass is 9.96. The first-order valence-electron chi connectivity index (χ1n) is 11.9. The molecule has 0 atom stereocenters. The normalized spacial score (nSPS) is 11.3. The van der Waals surface area contributed by atoms with E-state index in [9.17, 15) is 10.5 Å². The second-order valence-electron chi connectivity index (χ2n) is 8.54. The van der Waals surface area contributed by atoms with E-state index in [2.05, 4.69) is 48.5 Å². The Hall–Kier alpha value is -5.00. The average Bonchev–Trinajstić information content (AvgIpc) is 2.97. The van der Waals surface area contributed by atoms with Crippen LogP contribution >= 0.6 is 0 Å². The molecule has 0 aliphatic carbocycles. The van der Waals surface area contributed by atoms with Crippen LogP contribution in [0.25, 0.3) is 22.9 Å². The molecule has 0 aliphatic rings. The lowest BCUT2D eigenvalue weighted by molar-refractivity contribution is -0.0217. The molecule has 5 aromatic carbocycles. The Kier molecular flexibility index (Phi) is 6.62. The molecule has 176 valence electrons. The number of hydrogen-bond donors (Lipinski definition) is 0. The van der Waals surface area contributed by atoms with E-state index in [0.717, 1.165) is 39.0 Å². The van der Waals surface area contributed by atoms with Crippen LogP contribution in [-0.2, 0) is 4.84 Å². The first-order chi connectivity index (χ1) is 18.2. The van der Waals surface area contributed by atoms with Gasteiger partial charge in [0, 0.05) is 47.2 Å². The summed E-state index contributed by atoms with van der Waals surface area (Å²) in [5, 5.41) is 20.8. The topological polar surface area (TPSA) is 56.8 Å². The molecule has 0 bridgehead atoms. The van der Waals surface area contributed by atoms with E-state index in [0.29, 0.717) is 11.1 Å². The minimum Gasteiger partial charge on any atom is -0.192 e. The Labute approximate surface area is 216 Å². The van der Waals surface area contributed by atoms with Gasteiger partial charge in [-0.3, -0.25) is 0 Å². The van der Waals surface area contributed by atoms with Crippen LogP contribution in [0, 0.1) is 22.7 Å². The number of nitrogens with zero attached hydrogens (tertiary/aromatic N) is 3. The first-order valence-corrected chi connectivity index (χ1v) is 11.9. The van der Waals surface area contributed by atoms with Crippen LogP contribution in [0.2, 0.25) is 0 Å². The highest BCUT2D eigenvalue weighted by Gasteiger charge is 2.37. The number of hydrogen-bond acceptors (Lipinski definition) is 3. The molecule has 0 N–H and O–H groups in total. The van der Waals surface area contributed by atoms with Crippen molar-refractivity contribution in [2.45, 2.75) is 0 Å². The fourth-order valence-corrected chi connectivity index (χ4v) is 4.76. The maximum atomic E-state index is 9.86. The van der Waals surface area contributed by atoms with Gasteiger partial charge in [-0.2, -0.15) is 15.4 Å². The van der Waals surface area contributed by atoms with Crippen LogP contribution in [0.4, 0.5) is 17.1 Å². The minimum absolute atomic E-state index is 0.121. The zero-order valence-electron chi connectivity index (χ0n) is 20.4. The number of benzene rings is 5. The van der Waals surface area contributed by atoms with Crippen LogP contribution in [-0.4, -0.2) is 7.11 Å². The van der Waals surface area contributed by atoms with Crippen molar-refractivity contribution >= 4 is 40.0 Å². The summed E-state index contributed by atoms with van der Waals surface area (Å²) < 4.78 is 0.121. The molecule has 0 unspecified atom stereocenters. The molecule has 0 spiro atoms. The van der Waals surface area contributed by atoms with Crippen molar-refractivity contribution in [1.29, 1.82) is 10.5 Å². The first kappa shape index (κ1) is 23.7. The highest BCUT2D eigenvalue weighted by molar-refractivity contribution is 5.95. The van der Waals surface area contributed by atoms with Gasteiger partial charge in [0.05, 0.1) is 24.3 Å². The summed E-state index contributed by atoms with van der Waals surface area (Å²) in [6, 6.07) is 42.3. The smallest absolute Gasteiger partial charge is 0.176 e. The van der Waals surface area contributed by atoms with E-state index >= 15 is 0 Å². The third-order valence-electron chi connectivity index (χ3n) is 6.55. The molecule has 5 rings (SSSR count). The maximum absolute atomic E-state index is 9.86. The summed E-state index contributed by atoms with van der Waals surface area (Å²) in [4.78, 5) is 6.22. The summed E-state index contributed by atoms with van der Waals surface area (Å²) >= 11 is 0. The number of para-hydroxylation sites is 2. The van der Waals surface area contributed by atoms with Crippen LogP contribution < -0.4 is 4.65 Å². The van der Waals surface area contributed by atoms with Crippen molar-refractivity contribution in [3.05, 3.63) is 138 Å². The molecule has 0 saturated heterocycles. The van der Waals surface area contributed by atoms with Gasteiger partial charge in [0.25, 0.3) is 0 Å². The van der Waals surface area contributed by atoms with E-state index in [1.54, 1.807) is 13.2 Å². The lowest BCUT2D eigenvalue weighted by Crippen LogP contribution is -2.37. The minimum atomic E-state index is 0.121. The van der Waals surface area contributed by atoms with Gasteiger partial charge in [0.15, 0.2) is 17.1 Å². The fourth-order valence-electron chi connectivity index (χ4n) is 4.76. The molecule has 0 radical (unpaired) electrons. The molecular formula is C33H24N3O+. The van der Waals surface area contributed by atoms with Crippen molar-refractivity contribution in [2.75, 3.05) is 7.11 Å². The highest BCUT2D eigenvalue weighted by Crippen LogP contribution is 2.43. The molecular weight excluding hydrogens is 454 g/mol. The molecule has 37 heavy (non-hydrogen) atoms. The van der Waals surface area contributed by atoms with Gasteiger partial charge in [-0.25, -0.2) is 0 Å². The highest BCUT2D eigenvalue weighted by atomic mass is 16.7. The van der Waals surface area contributed by atoms with Gasteiger partial charge >= 0.3 is 0 Å². The SMILES string of the molecule is CO[N+](c1ccccc1)(c1ccccc1)c1ccc(C=Cc2ccc3c(C#N)cccc3c2C#N)cc1. The van der Waals surface area contributed by atoms with Gasteiger partial charge in [0.1, 0.15) is 6.07 Å². The van der Waals surface area contributed by atoms with Crippen molar-refractivity contribution in [1.82, 2.24) is 4.65 Å². The Bertz CT molecular complexity index is 1620. The van der Waals surface area contributed by atoms with Crippen LogP contribution in [0.3, 0.4) is 0 Å². The molecule has 0 aliphatic heterocycles. The third kappa shape index (κ3) is 4.29. The Morgan fingerprint density at radius 2 is 1.22 bits per heavy atom. The van der Waals surface area contributed by atoms with Crippen LogP contribution in [0.5, 0.6) is 0 Å². The van der Waals surface area contributed by atoms with Crippen LogP contribution in [0.15, 0.2) is 115 Å². The average molecular weight is 479 g/mol. The molecule has 0 amide bonds. The van der Waals surface area contributed by atoms with Gasteiger partial charge in [-0.15, -0.1) is 0 Å². The van der Waals surface area contributed by atoms with Crippen molar-refractivity contribution in [3.63, 3.8) is 0 Å². The summed E-state index contributed by atoms with van der Waals surface area (Å²) in [7, 11) is 1.72. The second kappa shape index (κ2) is 10.3. The van der Waals surface area contributed by atoms with E-state index in [-0.39, 0.29) is 4.65 Å². The summed E-state index contributed by atoms with van der Waals surface area (Å²) in [5.74, 6) is 0. The van der Waals surface area contributed by atoms with E-state index in [1.165, 1.54) is 0 Å². The standard InChI is InChI=1S/C33H24N3O/c1-37-36(28-10-4-2-5-11-28,29-12-6-3-7-13-29)30-20-16-25(17-21-30)15-18-26-19-22-31-27(23-34)9-8-14-32(31)33(26)24-35/h2-22H,1H3/q+1. The second-order valence-corrected chi connectivity index (χ2v) is 8.54. The summed E-state index contributed by atoms with van der Waals surface area (Å²) in [5.41, 5.74) is 5.88. The van der Waals surface area contributed by atoms with Gasteiger partial charge in [-0.1, -0.05) is 77.5 Å².